The van der Waals surface area contributed by atoms with E-state index in [0.29, 0.717) is 11.0 Å². The highest BCUT2D eigenvalue weighted by Gasteiger charge is 2.30. The molecule has 0 aliphatic heterocycles. The molecule has 10 heteroatoms. The summed E-state index contributed by atoms with van der Waals surface area (Å²) in [5.41, 5.74) is 0.249. The summed E-state index contributed by atoms with van der Waals surface area (Å²) in [4.78, 5) is 12.2. The number of carbonyl (C=O) groups is 1. The minimum atomic E-state index is -4.46. The standard InChI is InChI=1S/C20H15F3N4OS2/c1-27-18(15-10-29-16-8-3-2-7-14(15)16)25-26-19(27)30-11-17(28)24-13-6-4-5-12(9-13)20(21,22)23/h2-10H,11H2,1H3,(H,24,28). The zero-order chi connectivity index (χ0) is 21.3. The van der Waals surface area contributed by atoms with Crippen LogP contribution in [-0.4, -0.2) is 26.4 Å². The van der Waals surface area contributed by atoms with Crippen LogP contribution in [0, 0.1) is 0 Å². The number of amides is 1. The summed E-state index contributed by atoms with van der Waals surface area (Å²) in [6.45, 7) is 0. The van der Waals surface area contributed by atoms with Crippen LogP contribution < -0.4 is 5.32 Å². The maximum atomic E-state index is 12.8. The van der Waals surface area contributed by atoms with Crippen molar-refractivity contribution in [1.29, 1.82) is 0 Å². The van der Waals surface area contributed by atoms with Crippen LogP contribution in [0.25, 0.3) is 21.5 Å². The van der Waals surface area contributed by atoms with E-state index < -0.39 is 17.6 Å². The molecule has 1 amide bonds. The molecule has 2 heterocycles. The molecule has 0 saturated carbocycles. The lowest BCUT2D eigenvalue weighted by Gasteiger charge is -2.09. The second kappa shape index (κ2) is 8.11. The first-order chi connectivity index (χ1) is 14.3. The number of carbonyl (C=O) groups excluding carboxylic acids is 1. The molecule has 0 aliphatic carbocycles. The quantitative estimate of drug-likeness (QED) is 0.413. The third-order valence-corrected chi connectivity index (χ3v) is 6.35. The summed E-state index contributed by atoms with van der Waals surface area (Å²) in [6.07, 6.45) is -4.46. The molecule has 4 rings (SSSR count). The van der Waals surface area contributed by atoms with Gasteiger partial charge in [0.25, 0.3) is 0 Å². The van der Waals surface area contributed by atoms with E-state index >= 15 is 0 Å². The number of aromatic nitrogens is 3. The van der Waals surface area contributed by atoms with Crippen molar-refractivity contribution in [2.75, 3.05) is 11.1 Å². The van der Waals surface area contributed by atoms with Crippen molar-refractivity contribution in [1.82, 2.24) is 14.8 Å². The van der Waals surface area contributed by atoms with Crippen molar-refractivity contribution in [3.8, 4) is 11.4 Å². The lowest BCUT2D eigenvalue weighted by molar-refractivity contribution is -0.137. The van der Waals surface area contributed by atoms with Gasteiger partial charge in [-0.1, -0.05) is 36.0 Å². The molecule has 0 spiro atoms. The van der Waals surface area contributed by atoms with Crippen molar-refractivity contribution in [2.45, 2.75) is 11.3 Å². The topological polar surface area (TPSA) is 59.8 Å². The zero-order valence-electron chi connectivity index (χ0n) is 15.6. The molecule has 4 aromatic rings. The molecule has 0 saturated heterocycles. The number of rotatable bonds is 5. The molecule has 0 atom stereocenters. The van der Waals surface area contributed by atoms with Gasteiger partial charge in [-0.25, -0.2) is 0 Å². The second-order valence-electron chi connectivity index (χ2n) is 6.43. The molecule has 2 aromatic heterocycles. The highest BCUT2D eigenvalue weighted by Crippen LogP contribution is 2.34. The number of benzene rings is 2. The largest absolute Gasteiger partial charge is 0.416 e. The summed E-state index contributed by atoms with van der Waals surface area (Å²) in [6, 6.07) is 12.5. The van der Waals surface area contributed by atoms with E-state index in [1.54, 1.807) is 15.9 Å². The third-order valence-electron chi connectivity index (χ3n) is 4.36. The summed E-state index contributed by atoms with van der Waals surface area (Å²) in [5.74, 6) is 0.255. The lowest BCUT2D eigenvalue weighted by Crippen LogP contribution is -2.15. The molecule has 1 N–H and O–H groups in total. The molecule has 0 bridgehead atoms. The highest BCUT2D eigenvalue weighted by molar-refractivity contribution is 7.99. The molecule has 5 nitrogen and oxygen atoms in total. The Labute approximate surface area is 177 Å². The van der Waals surface area contributed by atoms with Crippen molar-refractivity contribution in [2.24, 2.45) is 7.05 Å². The molecule has 30 heavy (non-hydrogen) atoms. The predicted molar refractivity (Wildman–Crippen MR) is 113 cm³/mol. The monoisotopic (exact) mass is 448 g/mol. The number of anilines is 1. The minimum absolute atomic E-state index is 0.00734. The number of nitrogens with one attached hydrogen (secondary N) is 1. The normalized spacial score (nSPS) is 11.7. The van der Waals surface area contributed by atoms with Gasteiger partial charge < -0.3 is 9.88 Å². The van der Waals surface area contributed by atoms with Crippen LogP contribution >= 0.6 is 23.1 Å². The van der Waals surface area contributed by atoms with Gasteiger partial charge in [0.05, 0.1) is 11.3 Å². The Morgan fingerprint density at radius 2 is 1.97 bits per heavy atom. The first-order valence-corrected chi connectivity index (χ1v) is 10.7. The third kappa shape index (κ3) is 4.19. The van der Waals surface area contributed by atoms with Gasteiger partial charge in [0.1, 0.15) is 0 Å². The average Bonchev–Trinajstić information content (AvgIpc) is 3.29. The SMILES string of the molecule is Cn1c(SCC(=O)Nc2cccc(C(F)(F)F)c2)nnc1-c1csc2ccccc12. The van der Waals surface area contributed by atoms with Gasteiger partial charge in [-0.05, 0) is 24.3 Å². The van der Waals surface area contributed by atoms with E-state index in [-0.39, 0.29) is 11.4 Å². The first-order valence-electron chi connectivity index (χ1n) is 8.79. The van der Waals surface area contributed by atoms with Gasteiger partial charge in [-0.15, -0.1) is 21.5 Å². The van der Waals surface area contributed by atoms with E-state index in [0.717, 1.165) is 27.8 Å². The van der Waals surface area contributed by atoms with Crippen molar-refractivity contribution >= 4 is 44.8 Å². The fraction of sp³-hybridized carbons (Fsp3) is 0.150. The van der Waals surface area contributed by atoms with E-state index in [4.69, 9.17) is 0 Å². The lowest BCUT2D eigenvalue weighted by atomic mass is 10.2. The Bertz CT molecular complexity index is 1220. The van der Waals surface area contributed by atoms with Crippen LogP contribution in [0.5, 0.6) is 0 Å². The van der Waals surface area contributed by atoms with Gasteiger partial charge in [-0.3, -0.25) is 4.79 Å². The number of thiophene rings is 1. The van der Waals surface area contributed by atoms with Crippen LogP contribution in [0.4, 0.5) is 18.9 Å². The molecule has 0 unspecified atom stereocenters. The molecular formula is C20H15F3N4OS2. The maximum absolute atomic E-state index is 12.8. The van der Waals surface area contributed by atoms with Crippen molar-refractivity contribution in [3.63, 3.8) is 0 Å². The summed E-state index contributed by atoms with van der Waals surface area (Å²) in [7, 11) is 1.81. The summed E-state index contributed by atoms with van der Waals surface area (Å²) >= 11 is 2.78. The van der Waals surface area contributed by atoms with E-state index in [1.165, 1.54) is 23.9 Å². The molecule has 0 radical (unpaired) electrons. The van der Waals surface area contributed by atoms with Crippen LogP contribution in [0.1, 0.15) is 5.56 Å². The number of thioether (sulfide) groups is 1. The molecule has 0 fully saturated rings. The van der Waals surface area contributed by atoms with E-state index in [2.05, 4.69) is 15.5 Å². The van der Waals surface area contributed by atoms with Gasteiger partial charge in [0.2, 0.25) is 5.91 Å². The zero-order valence-corrected chi connectivity index (χ0v) is 17.2. The van der Waals surface area contributed by atoms with E-state index in [9.17, 15) is 18.0 Å². The number of nitrogens with zero attached hydrogens (tertiary/aromatic N) is 3. The maximum Gasteiger partial charge on any atom is 0.416 e. The molecule has 2 aromatic carbocycles. The molecule has 0 aliphatic rings. The number of halogens is 3. The Hall–Kier alpha value is -2.85. The molecular weight excluding hydrogens is 433 g/mol. The van der Waals surface area contributed by atoms with Crippen LogP contribution in [0.15, 0.2) is 59.1 Å². The van der Waals surface area contributed by atoms with Crippen molar-refractivity contribution < 1.29 is 18.0 Å². The Balaban J connectivity index is 1.44. The first kappa shape index (κ1) is 20.4. The van der Waals surface area contributed by atoms with Gasteiger partial charge in [0, 0.05) is 33.8 Å². The predicted octanol–water partition coefficient (Wildman–Crippen LogP) is 5.45. The smallest absolute Gasteiger partial charge is 0.325 e. The van der Waals surface area contributed by atoms with Gasteiger partial charge >= 0.3 is 6.18 Å². The molecule has 154 valence electrons. The fourth-order valence-corrected chi connectivity index (χ4v) is 4.58. The highest BCUT2D eigenvalue weighted by atomic mass is 32.2. The minimum Gasteiger partial charge on any atom is -0.325 e. The van der Waals surface area contributed by atoms with E-state index in [1.807, 2.05) is 36.7 Å². The summed E-state index contributed by atoms with van der Waals surface area (Å²) in [5, 5.41) is 14.5. The fourth-order valence-electron chi connectivity index (χ4n) is 2.93. The number of hydrogen-bond donors (Lipinski definition) is 1. The number of hydrogen-bond acceptors (Lipinski definition) is 5. The number of alkyl halides is 3. The van der Waals surface area contributed by atoms with Gasteiger partial charge in [-0.2, -0.15) is 13.2 Å². The summed E-state index contributed by atoms with van der Waals surface area (Å²) < 4.78 is 41.4. The van der Waals surface area contributed by atoms with Crippen LogP contribution in [-0.2, 0) is 18.0 Å². The van der Waals surface area contributed by atoms with Crippen molar-refractivity contribution in [3.05, 3.63) is 59.5 Å². The Kier molecular flexibility index (Phi) is 5.52. The van der Waals surface area contributed by atoms with Crippen LogP contribution in [0.3, 0.4) is 0 Å². The average molecular weight is 448 g/mol. The second-order valence-corrected chi connectivity index (χ2v) is 8.28. The Morgan fingerprint density at radius 1 is 1.17 bits per heavy atom. The Morgan fingerprint density at radius 3 is 2.77 bits per heavy atom. The van der Waals surface area contributed by atoms with Gasteiger partial charge in [0.15, 0.2) is 11.0 Å². The van der Waals surface area contributed by atoms with Crippen LogP contribution in [0.2, 0.25) is 0 Å². The number of fused-ring (bicyclic) bond motifs is 1.